The highest BCUT2D eigenvalue weighted by molar-refractivity contribution is 7.89. The van der Waals surface area contributed by atoms with Crippen LogP contribution in [0.25, 0.3) is 10.8 Å². The van der Waals surface area contributed by atoms with E-state index in [0.29, 0.717) is 68.1 Å². The average molecular weight is 542 g/mol. The van der Waals surface area contributed by atoms with Crippen LogP contribution in [0.4, 0.5) is 11.4 Å². The fraction of sp³-hybridized carbons (Fsp3) is 0.444. The molecule has 0 atom stereocenters. The first kappa shape index (κ1) is 27.7. The van der Waals surface area contributed by atoms with Crippen molar-refractivity contribution in [3.8, 4) is 0 Å². The average Bonchev–Trinajstić information content (AvgIpc) is 2.93. The number of aryl methyl sites for hydroxylation is 1. The van der Waals surface area contributed by atoms with Gasteiger partial charge in [0.05, 0.1) is 34.9 Å². The van der Waals surface area contributed by atoms with Gasteiger partial charge in [-0.1, -0.05) is 45.4 Å². The number of unbranched alkanes of at least 4 members (excludes halogenated alkanes) is 1. The van der Waals surface area contributed by atoms with Gasteiger partial charge in [0, 0.05) is 38.1 Å². The molecule has 3 aromatic rings. The molecule has 204 valence electrons. The number of hydrogen-bond acceptors (Lipinski definition) is 7. The summed E-state index contributed by atoms with van der Waals surface area (Å²) in [5.41, 5.74) is 0.930. The van der Waals surface area contributed by atoms with E-state index in [4.69, 9.17) is 4.74 Å². The first-order chi connectivity index (χ1) is 18.3. The Morgan fingerprint density at radius 3 is 2.39 bits per heavy atom. The number of rotatable bonds is 10. The number of ether oxygens (including phenoxy) is 1. The van der Waals surface area contributed by atoms with Crippen molar-refractivity contribution in [3.05, 3.63) is 58.5 Å². The summed E-state index contributed by atoms with van der Waals surface area (Å²) < 4.78 is 34.7. The Morgan fingerprint density at radius 1 is 1.05 bits per heavy atom. The maximum absolute atomic E-state index is 13.7. The highest BCUT2D eigenvalue weighted by atomic mass is 32.2. The SMILES string of the molecule is CCCCn1nc(C(=O)Nc2cc(S(=O)(=O)N(CC)CC)ccc2N2CCOCC2)c2ccccc2c1=O. The van der Waals surface area contributed by atoms with Crippen LogP contribution < -0.4 is 15.8 Å². The minimum Gasteiger partial charge on any atom is -0.378 e. The van der Waals surface area contributed by atoms with Crippen LogP contribution in [-0.2, 0) is 21.3 Å². The third-order valence-corrected chi connectivity index (χ3v) is 8.76. The predicted molar refractivity (Wildman–Crippen MR) is 148 cm³/mol. The Morgan fingerprint density at radius 2 is 1.74 bits per heavy atom. The minimum atomic E-state index is -3.75. The molecule has 1 aromatic heterocycles. The lowest BCUT2D eigenvalue weighted by atomic mass is 10.1. The summed E-state index contributed by atoms with van der Waals surface area (Å²) in [5, 5.41) is 8.22. The number of nitrogens with one attached hydrogen (secondary N) is 1. The van der Waals surface area contributed by atoms with Crippen molar-refractivity contribution in [3.63, 3.8) is 0 Å². The second kappa shape index (κ2) is 12.1. The van der Waals surface area contributed by atoms with Crippen molar-refractivity contribution in [2.24, 2.45) is 0 Å². The number of benzene rings is 2. The molecule has 1 fully saturated rings. The Balaban J connectivity index is 1.80. The van der Waals surface area contributed by atoms with E-state index < -0.39 is 15.9 Å². The van der Waals surface area contributed by atoms with Crippen LogP contribution in [0.3, 0.4) is 0 Å². The first-order valence-corrected chi connectivity index (χ1v) is 14.5. The van der Waals surface area contributed by atoms with Gasteiger partial charge in [0.1, 0.15) is 0 Å². The van der Waals surface area contributed by atoms with Crippen LogP contribution in [-0.4, -0.2) is 67.8 Å². The number of nitrogens with zero attached hydrogens (tertiary/aromatic N) is 4. The molecule has 4 rings (SSSR count). The second-order valence-corrected chi connectivity index (χ2v) is 11.0. The standard InChI is InChI=1S/C27H35N5O5S/c1-4-7-14-32-27(34)22-11-9-8-10-21(22)25(29-32)26(33)28-23-19-20(38(35,36)31(5-2)6-3)12-13-24(23)30-15-17-37-18-16-30/h8-13,19H,4-7,14-18H2,1-3H3,(H,28,33). The van der Waals surface area contributed by atoms with Gasteiger partial charge in [0.25, 0.3) is 11.5 Å². The van der Waals surface area contributed by atoms with E-state index in [9.17, 15) is 18.0 Å². The number of amides is 1. The third kappa shape index (κ3) is 5.59. The largest absolute Gasteiger partial charge is 0.378 e. The number of carbonyl (C=O) groups is 1. The monoisotopic (exact) mass is 541 g/mol. The molecule has 11 heteroatoms. The summed E-state index contributed by atoms with van der Waals surface area (Å²) >= 11 is 0. The van der Waals surface area contributed by atoms with Crippen LogP contribution in [0.15, 0.2) is 52.2 Å². The van der Waals surface area contributed by atoms with Gasteiger partial charge in [0.2, 0.25) is 10.0 Å². The molecule has 2 heterocycles. The van der Waals surface area contributed by atoms with E-state index in [1.54, 1.807) is 50.2 Å². The van der Waals surface area contributed by atoms with Crippen LogP contribution in [0.2, 0.25) is 0 Å². The summed E-state index contributed by atoms with van der Waals surface area (Å²) in [7, 11) is -3.75. The number of morpholine rings is 1. The molecule has 2 aromatic carbocycles. The molecule has 0 saturated carbocycles. The third-order valence-electron chi connectivity index (χ3n) is 6.72. The van der Waals surface area contributed by atoms with Crippen molar-refractivity contribution in [2.45, 2.75) is 45.1 Å². The van der Waals surface area contributed by atoms with E-state index in [0.717, 1.165) is 12.8 Å². The Kier molecular flexibility index (Phi) is 8.80. The zero-order valence-corrected chi connectivity index (χ0v) is 23.0. The highest BCUT2D eigenvalue weighted by Crippen LogP contribution is 2.31. The normalized spacial score (nSPS) is 14.3. The molecular weight excluding hydrogens is 506 g/mol. The van der Waals surface area contributed by atoms with Crippen LogP contribution in [0, 0.1) is 0 Å². The van der Waals surface area contributed by atoms with Gasteiger partial charge in [0.15, 0.2) is 5.69 Å². The van der Waals surface area contributed by atoms with E-state index >= 15 is 0 Å². The summed E-state index contributed by atoms with van der Waals surface area (Å²) in [5.74, 6) is -0.515. The topological polar surface area (TPSA) is 114 Å². The molecule has 0 spiro atoms. The summed E-state index contributed by atoms with van der Waals surface area (Å²) in [4.78, 5) is 28.9. The molecule has 0 radical (unpaired) electrons. The van der Waals surface area contributed by atoms with Gasteiger partial charge >= 0.3 is 0 Å². The number of carbonyl (C=O) groups excluding carboxylic acids is 1. The van der Waals surface area contributed by atoms with Gasteiger partial charge < -0.3 is 15.0 Å². The minimum absolute atomic E-state index is 0.0965. The van der Waals surface area contributed by atoms with E-state index in [1.165, 1.54) is 15.1 Å². The summed E-state index contributed by atoms with van der Waals surface area (Å²) in [6, 6.07) is 11.7. The van der Waals surface area contributed by atoms with E-state index in [2.05, 4.69) is 15.3 Å². The van der Waals surface area contributed by atoms with Gasteiger partial charge in [-0.05, 0) is 30.7 Å². The van der Waals surface area contributed by atoms with Crippen molar-refractivity contribution in [2.75, 3.05) is 49.6 Å². The lowest BCUT2D eigenvalue weighted by Crippen LogP contribution is -2.37. The molecule has 0 aliphatic carbocycles. The molecule has 0 unspecified atom stereocenters. The van der Waals surface area contributed by atoms with Gasteiger partial charge in [-0.3, -0.25) is 9.59 Å². The molecule has 0 bridgehead atoms. The fourth-order valence-electron chi connectivity index (χ4n) is 4.61. The number of aromatic nitrogens is 2. The highest BCUT2D eigenvalue weighted by Gasteiger charge is 2.26. The Bertz CT molecular complexity index is 1460. The van der Waals surface area contributed by atoms with Crippen LogP contribution in [0.5, 0.6) is 0 Å². The number of hydrogen-bond donors (Lipinski definition) is 1. The fourth-order valence-corrected chi connectivity index (χ4v) is 6.10. The number of anilines is 2. The molecular formula is C27H35N5O5S. The van der Waals surface area contributed by atoms with Crippen molar-refractivity contribution in [1.29, 1.82) is 0 Å². The van der Waals surface area contributed by atoms with Gasteiger partial charge in [-0.15, -0.1) is 0 Å². The van der Waals surface area contributed by atoms with E-state index in [1.807, 2.05) is 6.92 Å². The second-order valence-electron chi connectivity index (χ2n) is 9.10. The number of sulfonamides is 1. The van der Waals surface area contributed by atoms with Crippen molar-refractivity contribution < 1.29 is 17.9 Å². The smallest absolute Gasteiger partial charge is 0.276 e. The zero-order valence-electron chi connectivity index (χ0n) is 22.1. The molecule has 38 heavy (non-hydrogen) atoms. The lowest BCUT2D eigenvalue weighted by molar-refractivity contribution is 0.102. The van der Waals surface area contributed by atoms with E-state index in [-0.39, 0.29) is 16.1 Å². The first-order valence-electron chi connectivity index (χ1n) is 13.1. The molecule has 1 aliphatic heterocycles. The molecule has 1 N–H and O–H groups in total. The molecule has 1 amide bonds. The van der Waals surface area contributed by atoms with Gasteiger partial charge in [-0.2, -0.15) is 9.40 Å². The maximum Gasteiger partial charge on any atom is 0.276 e. The lowest BCUT2D eigenvalue weighted by Gasteiger charge is -2.31. The maximum atomic E-state index is 13.7. The number of fused-ring (bicyclic) bond motifs is 1. The van der Waals surface area contributed by atoms with Crippen molar-refractivity contribution >= 4 is 38.1 Å². The van der Waals surface area contributed by atoms with Crippen LogP contribution >= 0.6 is 0 Å². The van der Waals surface area contributed by atoms with Crippen molar-refractivity contribution in [1.82, 2.24) is 14.1 Å². The van der Waals surface area contributed by atoms with Gasteiger partial charge in [-0.25, -0.2) is 13.1 Å². The predicted octanol–water partition coefficient (Wildman–Crippen LogP) is 3.32. The molecule has 1 saturated heterocycles. The Hall–Kier alpha value is -3.28. The zero-order chi connectivity index (χ0) is 27.3. The Labute approximate surface area is 223 Å². The molecule has 10 nitrogen and oxygen atoms in total. The quantitative estimate of drug-likeness (QED) is 0.419. The summed E-state index contributed by atoms with van der Waals surface area (Å²) in [6.07, 6.45) is 1.62. The van der Waals surface area contributed by atoms with Crippen LogP contribution in [0.1, 0.15) is 44.1 Å². The summed E-state index contributed by atoms with van der Waals surface area (Å²) in [6.45, 7) is 8.93. The molecule has 1 aliphatic rings.